The van der Waals surface area contributed by atoms with Gasteiger partial charge < -0.3 is 4.90 Å². The maximum Gasteiger partial charge on any atom is 0.257 e. The molecule has 0 saturated heterocycles. The highest BCUT2D eigenvalue weighted by Crippen LogP contribution is 2.25. The predicted molar refractivity (Wildman–Crippen MR) is 86.6 cm³/mol. The van der Waals surface area contributed by atoms with Gasteiger partial charge in [0.25, 0.3) is 5.91 Å². The number of amides is 1. The molecule has 1 amide bonds. The number of hydrogen-bond donors (Lipinski definition) is 1. The van der Waals surface area contributed by atoms with Crippen LogP contribution in [0.5, 0.6) is 0 Å². The summed E-state index contributed by atoms with van der Waals surface area (Å²) in [6, 6.07) is 4.12. The summed E-state index contributed by atoms with van der Waals surface area (Å²) in [5.41, 5.74) is 1.41. The van der Waals surface area contributed by atoms with Crippen LogP contribution in [0.1, 0.15) is 10.4 Å². The van der Waals surface area contributed by atoms with Crippen LogP contribution in [-0.4, -0.2) is 27.9 Å². The smallest absolute Gasteiger partial charge is 0.257 e. The fourth-order valence-corrected chi connectivity index (χ4v) is 2.49. The van der Waals surface area contributed by atoms with E-state index in [4.69, 9.17) is 0 Å². The zero-order valence-corrected chi connectivity index (χ0v) is 12.9. The van der Waals surface area contributed by atoms with Gasteiger partial charge in [0, 0.05) is 29.9 Å². The van der Waals surface area contributed by atoms with E-state index in [-0.39, 0.29) is 5.56 Å². The summed E-state index contributed by atoms with van der Waals surface area (Å²) in [7, 11) is 1.75. The molecule has 8 heteroatoms. The zero-order chi connectivity index (χ0) is 16.2. The van der Waals surface area contributed by atoms with Crippen LogP contribution >= 0.6 is 11.3 Å². The molecule has 1 N–H and O–H groups in total. The number of hydrogen-bond acceptors (Lipinski definition) is 6. The molecule has 0 spiro atoms. The van der Waals surface area contributed by atoms with Crippen molar-refractivity contribution < 1.29 is 9.18 Å². The Morgan fingerprint density at radius 3 is 2.70 bits per heavy atom. The first-order valence-corrected chi connectivity index (χ1v) is 7.51. The minimum atomic E-state index is -0.504. The van der Waals surface area contributed by atoms with Crippen LogP contribution in [0.2, 0.25) is 0 Å². The van der Waals surface area contributed by atoms with Crippen LogP contribution in [0.4, 0.5) is 20.9 Å². The van der Waals surface area contributed by atoms with Gasteiger partial charge in [-0.1, -0.05) is 0 Å². The Balaban J connectivity index is 1.88. The molecule has 0 fully saturated rings. The van der Waals surface area contributed by atoms with Crippen molar-refractivity contribution in [1.82, 2.24) is 15.0 Å². The third-order valence-corrected chi connectivity index (χ3v) is 3.81. The third kappa shape index (κ3) is 3.49. The average Bonchev–Trinajstić information content (AvgIpc) is 3.07. The van der Waals surface area contributed by atoms with E-state index in [0.717, 1.165) is 0 Å². The third-order valence-electron chi connectivity index (χ3n) is 3.12. The number of rotatable bonds is 4. The molecule has 0 radical (unpaired) electrons. The number of aromatic nitrogens is 3. The summed E-state index contributed by atoms with van der Waals surface area (Å²) in [6.45, 7) is 0. The first-order chi connectivity index (χ1) is 11.1. The predicted octanol–water partition coefficient (Wildman–Crippen LogP) is 3.09. The zero-order valence-electron chi connectivity index (χ0n) is 12.1. The van der Waals surface area contributed by atoms with Gasteiger partial charge in [-0.3, -0.25) is 10.1 Å². The lowest BCUT2D eigenvalue weighted by Gasteiger charge is -2.19. The Kier molecular flexibility index (Phi) is 4.24. The van der Waals surface area contributed by atoms with E-state index in [1.54, 1.807) is 42.0 Å². The highest BCUT2D eigenvalue weighted by molar-refractivity contribution is 7.13. The molecule has 6 nitrogen and oxygen atoms in total. The second-order valence-electron chi connectivity index (χ2n) is 4.65. The number of halogens is 1. The summed E-state index contributed by atoms with van der Waals surface area (Å²) < 4.78 is 13.9. The van der Waals surface area contributed by atoms with E-state index in [9.17, 15) is 9.18 Å². The van der Waals surface area contributed by atoms with Crippen molar-refractivity contribution in [3.8, 4) is 0 Å². The number of thiazole rings is 1. The maximum absolute atomic E-state index is 13.9. The molecule has 0 bridgehead atoms. The molecule has 0 atom stereocenters. The number of carbonyl (C=O) groups excluding carboxylic acids is 1. The van der Waals surface area contributed by atoms with Gasteiger partial charge in [0.2, 0.25) is 0 Å². The molecule has 3 aromatic rings. The molecule has 2 aromatic heterocycles. The first kappa shape index (κ1) is 15.0. The second kappa shape index (κ2) is 6.49. The molecular weight excluding hydrogens is 317 g/mol. The lowest BCUT2D eigenvalue weighted by atomic mass is 10.1. The van der Waals surface area contributed by atoms with E-state index in [1.165, 1.54) is 29.8 Å². The molecule has 0 aliphatic rings. The van der Waals surface area contributed by atoms with Gasteiger partial charge in [0.1, 0.15) is 12.1 Å². The van der Waals surface area contributed by atoms with E-state index >= 15 is 0 Å². The van der Waals surface area contributed by atoms with Crippen molar-refractivity contribution in [1.29, 1.82) is 0 Å². The highest BCUT2D eigenvalue weighted by Gasteiger charge is 2.13. The van der Waals surface area contributed by atoms with Crippen LogP contribution in [0.15, 0.2) is 48.5 Å². The van der Waals surface area contributed by atoms with E-state index in [0.29, 0.717) is 16.5 Å². The van der Waals surface area contributed by atoms with Gasteiger partial charge in [0.05, 0.1) is 18.1 Å². The van der Waals surface area contributed by atoms with Gasteiger partial charge in [-0.25, -0.2) is 19.3 Å². The topological polar surface area (TPSA) is 71.0 Å². The summed E-state index contributed by atoms with van der Waals surface area (Å²) in [5, 5.41) is 4.84. The largest absolute Gasteiger partial charge is 0.342 e. The summed E-state index contributed by atoms with van der Waals surface area (Å²) in [5.74, 6) is -0.922. The van der Waals surface area contributed by atoms with Crippen LogP contribution in [0.3, 0.4) is 0 Å². The lowest BCUT2D eigenvalue weighted by molar-refractivity contribution is 0.102. The minimum absolute atomic E-state index is 0.207. The molecule has 116 valence electrons. The Hall–Kier alpha value is -2.87. The molecule has 0 aliphatic carbocycles. The summed E-state index contributed by atoms with van der Waals surface area (Å²) >= 11 is 1.29. The number of carbonyl (C=O) groups is 1. The monoisotopic (exact) mass is 329 g/mol. The number of nitrogens with one attached hydrogen (secondary N) is 1. The van der Waals surface area contributed by atoms with Gasteiger partial charge in [-0.2, -0.15) is 0 Å². The van der Waals surface area contributed by atoms with Gasteiger partial charge >= 0.3 is 0 Å². The molecule has 0 saturated carbocycles. The van der Waals surface area contributed by atoms with Crippen molar-refractivity contribution in [2.24, 2.45) is 0 Å². The number of nitrogens with zero attached hydrogens (tertiary/aromatic N) is 4. The lowest BCUT2D eigenvalue weighted by Crippen LogP contribution is -2.15. The Bertz CT molecular complexity index is 810. The molecule has 3 rings (SSSR count). The number of benzene rings is 1. The molecule has 0 aliphatic heterocycles. The van der Waals surface area contributed by atoms with Crippen molar-refractivity contribution in [3.63, 3.8) is 0 Å². The van der Waals surface area contributed by atoms with E-state index in [2.05, 4.69) is 20.3 Å². The molecule has 1 aromatic carbocycles. The van der Waals surface area contributed by atoms with Gasteiger partial charge in [-0.15, -0.1) is 11.3 Å². The standard InChI is InChI=1S/C15H12FN5OS/c1-21(13-7-17-9-18-8-13)12-5-10(4-11(16)6-12)14(22)20-15-19-2-3-23-15/h2-9H,1H3,(H,19,20,22). The summed E-state index contributed by atoms with van der Waals surface area (Å²) in [4.78, 5) is 25.8. The van der Waals surface area contributed by atoms with Crippen molar-refractivity contribution >= 4 is 33.8 Å². The normalized spacial score (nSPS) is 10.3. The minimum Gasteiger partial charge on any atom is -0.342 e. The fraction of sp³-hybridized carbons (Fsp3) is 0.0667. The van der Waals surface area contributed by atoms with E-state index in [1.807, 2.05) is 0 Å². The number of anilines is 3. The Morgan fingerprint density at radius 1 is 1.22 bits per heavy atom. The van der Waals surface area contributed by atoms with Crippen LogP contribution in [0, 0.1) is 5.82 Å². The highest BCUT2D eigenvalue weighted by atomic mass is 32.1. The van der Waals surface area contributed by atoms with Crippen molar-refractivity contribution in [2.45, 2.75) is 0 Å². The van der Waals surface area contributed by atoms with Crippen molar-refractivity contribution in [2.75, 3.05) is 17.3 Å². The maximum atomic E-state index is 13.9. The SMILES string of the molecule is CN(c1cncnc1)c1cc(F)cc(C(=O)Nc2nccs2)c1. The van der Waals surface area contributed by atoms with Crippen LogP contribution in [-0.2, 0) is 0 Å². The van der Waals surface area contributed by atoms with Gasteiger partial charge in [-0.05, 0) is 18.2 Å². The molecular formula is C15H12FN5OS. The van der Waals surface area contributed by atoms with Gasteiger partial charge in [0.15, 0.2) is 5.13 Å². The van der Waals surface area contributed by atoms with E-state index < -0.39 is 11.7 Å². The first-order valence-electron chi connectivity index (χ1n) is 6.63. The molecule has 23 heavy (non-hydrogen) atoms. The van der Waals surface area contributed by atoms with Crippen LogP contribution < -0.4 is 10.2 Å². The quantitative estimate of drug-likeness (QED) is 0.796. The Morgan fingerprint density at radius 2 is 2.00 bits per heavy atom. The van der Waals surface area contributed by atoms with Crippen molar-refractivity contribution in [3.05, 3.63) is 59.9 Å². The molecule has 2 heterocycles. The second-order valence-corrected chi connectivity index (χ2v) is 5.54. The van der Waals surface area contributed by atoms with Crippen LogP contribution in [0.25, 0.3) is 0 Å². The molecule has 0 unspecified atom stereocenters. The Labute approximate surface area is 135 Å². The fourth-order valence-electron chi connectivity index (χ4n) is 1.97. The summed E-state index contributed by atoms with van der Waals surface area (Å²) in [6.07, 6.45) is 6.21. The average molecular weight is 329 g/mol.